The highest BCUT2D eigenvalue weighted by atomic mass is 16.5. The zero-order valence-electron chi connectivity index (χ0n) is 14.9. The summed E-state index contributed by atoms with van der Waals surface area (Å²) in [6.45, 7) is 5.29. The van der Waals surface area contributed by atoms with Crippen LogP contribution in [0.1, 0.15) is 18.1 Å². The minimum Gasteiger partial charge on any atom is -0.374 e. The van der Waals surface area contributed by atoms with Crippen LogP contribution in [-0.4, -0.2) is 43.2 Å². The lowest BCUT2D eigenvalue weighted by molar-refractivity contribution is -0.120. The lowest BCUT2D eigenvalue weighted by Gasteiger charge is -2.33. The molecule has 1 heterocycles. The number of amides is 1. The Morgan fingerprint density at radius 3 is 2.77 bits per heavy atom. The fraction of sp³-hybridized carbons (Fsp3) is 0.333. The van der Waals surface area contributed by atoms with Gasteiger partial charge >= 0.3 is 0 Å². The maximum Gasteiger partial charge on any atom is 0.216 e. The summed E-state index contributed by atoms with van der Waals surface area (Å²) in [7, 11) is 0. The number of nitriles is 1. The Bertz CT molecular complexity index is 796. The van der Waals surface area contributed by atoms with Gasteiger partial charge in [0.05, 0.1) is 24.3 Å². The van der Waals surface area contributed by atoms with Crippen LogP contribution in [0.15, 0.2) is 48.5 Å². The van der Waals surface area contributed by atoms with Crippen molar-refractivity contribution < 1.29 is 9.53 Å². The molecule has 0 radical (unpaired) electrons. The Hall–Kier alpha value is -2.68. The lowest BCUT2D eigenvalue weighted by Crippen LogP contribution is -2.46. The van der Waals surface area contributed by atoms with Gasteiger partial charge in [-0.1, -0.05) is 42.5 Å². The quantitative estimate of drug-likeness (QED) is 0.901. The second-order valence-electron chi connectivity index (χ2n) is 6.52. The van der Waals surface area contributed by atoms with E-state index < -0.39 is 0 Å². The van der Waals surface area contributed by atoms with E-state index in [0.29, 0.717) is 18.7 Å². The average Bonchev–Trinajstić information content (AvgIpc) is 2.67. The van der Waals surface area contributed by atoms with Crippen molar-refractivity contribution in [3.8, 4) is 17.2 Å². The minimum absolute atomic E-state index is 0.0287. The van der Waals surface area contributed by atoms with E-state index in [1.165, 1.54) is 12.5 Å². The van der Waals surface area contributed by atoms with Gasteiger partial charge in [-0.15, -0.1) is 0 Å². The SMILES string of the molecule is CC(=O)NC[C@@H]1CN(Cc2ccc(-c3ccccc3C#N)cc2)CCO1. The normalized spacial score (nSPS) is 17.5. The Morgan fingerprint density at radius 2 is 2.04 bits per heavy atom. The zero-order valence-corrected chi connectivity index (χ0v) is 14.9. The number of ether oxygens (including phenoxy) is 1. The van der Waals surface area contributed by atoms with Crippen LogP contribution in [0, 0.1) is 11.3 Å². The topological polar surface area (TPSA) is 65.4 Å². The Balaban J connectivity index is 1.62. The molecule has 1 N–H and O–H groups in total. The standard InChI is InChI=1S/C21H23N3O2/c1-16(25)23-13-20-15-24(10-11-26-20)14-17-6-8-18(9-7-17)21-5-3-2-4-19(21)12-22/h2-9,20H,10-11,13-15H2,1H3,(H,23,25)/t20-/m1/s1. The number of nitrogens with one attached hydrogen (secondary N) is 1. The number of nitrogens with zero attached hydrogens (tertiary/aromatic N) is 2. The second-order valence-corrected chi connectivity index (χ2v) is 6.52. The Labute approximate surface area is 154 Å². The van der Waals surface area contributed by atoms with Gasteiger partial charge < -0.3 is 10.1 Å². The second kappa shape index (κ2) is 8.61. The molecule has 1 atom stereocenters. The Kier molecular flexibility index (Phi) is 6.00. The molecule has 0 saturated carbocycles. The molecule has 1 saturated heterocycles. The van der Waals surface area contributed by atoms with E-state index >= 15 is 0 Å². The molecule has 2 aromatic carbocycles. The Morgan fingerprint density at radius 1 is 1.27 bits per heavy atom. The van der Waals surface area contributed by atoms with E-state index in [2.05, 4.69) is 40.6 Å². The first-order valence-electron chi connectivity index (χ1n) is 8.82. The van der Waals surface area contributed by atoms with Gasteiger partial charge in [-0.25, -0.2) is 0 Å². The third kappa shape index (κ3) is 4.69. The lowest BCUT2D eigenvalue weighted by atomic mass is 9.99. The van der Waals surface area contributed by atoms with Crippen molar-refractivity contribution in [2.24, 2.45) is 0 Å². The van der Waals surface area contributed by atoms with Gasteiger partial charge in [0.1, 0.15) is 0 Å². The fourth-order valence-corrected chi connectivity index (χ4v) is 3.19. The van der Waals surface area contributed by atoms with E-state index in [9.17, 15) is 10.1 Å². The molecule has 0 aromatic heterocycles. The molecule has 5 heteroatoms. The zero-order chi connectivity index (χ0) is 18.4. The monoisotopic (exact) mass is 349 g/mol. The maximum atomic E-state index is 11.1. The number of carbonyl (C=O) groups is 1. The molecule has 2 aromatic rings. The first-order valence-corrected chi connectivity index (χ1v) is 8.82. The van der Waals surface area contributed by atoms with Crippen molar-refractivity contribution in [2.45, 2.75) is 19.6 Å². The summed E-state index contributed by atoms with van der Waals surface area (Å²) in [6, 6.07) is 18.3. The molecule has 5 nitrogen and oxygen atoms in total. The maximum absolute atomic E-state index is 11.1. The number of hydrogen-bond donors (Lipinski definition) is 1. The molecule has 1 fully saturated rings. The van der Waals surface area contributed by atoms with Gasteiger partial charge in [0.15, 0.2) is 0 Å². The van der Waals surface area contributed by atoms with Crippen molar-refractivity contribution in [3.05, 3.63) is 59.7 Å². The molecule has 0 aliphatic carbocycles. The van der Waals surface area contributed by atoms with Gasteiger partial charge in [-0.2, -0.15) is 5.26 Å². The van der Waals surface area contributed by atoms with Gasteiger partial charge in [0, 0.05) is 33.1 Å². The highest BCUT2D eigenvalue weighted by Crippen LogP contribution is 2.24. The van der Waals surface area contributed by atoms with Gasteiger partial charge in [0.2, 0.25) is 5.91 Å². The van der Waals surface area contributed by atoms with Crippen LogP contribution in [0.3, 0.4) is 0 Å². The molecule has 0 spiro atoms. The minimum atomic E-state index is -0.0287. The fourth-order valence-electron chi connectivity index (χ4n) is 3.19. The van der Waals surface area contributed by atoms with Gasteiger partial charge in [-0.05, 0) is 22.8 Å². The third-order valence-corrected chi connectivity index (χ3v) is 4.52. The summed E-state index contributed by atoms with van der Waals surface area (Å²) in [5, 5.41) is 12.1. The van der Waals surface area contributed by atoms with Crippen LogP contribution in [0.5, 0.6) is 0 Å². The van der Waals surface area contributed by atoms with Crippen molar-refractivity contribution in [3.63, 3.8) is 0 Å². The van der Waals surface area contributed by atoms with Crippen molar-refractivity contribution in [1.82, 2.24) is 10.2 Å². The van der Waals surface area contributed by atoms with E-state index in [0.717, 1.165) is 30.8 Å². The van der Waals surface area contributed by atoms with Crippen molar-refractivity contribution in [2.75, 3.05) is 26.2 Å². The third-order valence-electron chi connectivity index (χ3n) is 4.52. The van der Waals surface area contributed by atoms with E-state index in [4.69, 9.17) is 4.74 Å². The molecule has 134 valence electrons. The molecular weight excluding hydrogens is 326 g/mol. The molecule has 3 rings (SSSR count). The summed E-state index contributed by atoms with van der Waals surface area (Å²) in [6.07, 6.45) is 0.0365. The van der Waals surface area contributed by atoms with E-state index in [-0.39, 0.29) is 12.0 Å². The summed E-state index contributed by atoms with van der Waals surface area (Å²) in [5.74, 6) is -0.0287. The van der Waals surface area contributed by atoms with E-state index in [1.54, 1.807) is 0 Å². The number of rotatable bonds is 5. The highest BCUT2D eigenvalue weighted by Gasteiger charge is 2.20. The van der Waals surface area contributed by atoms with E-state index in [1.807, 2.05) is 24.3 Å². The largest absolute Gasteiger partial charge is 0.374 e. The first kappa shape index (κ1) is 18.1. The van der Waals surface area contributed by atoms with Crippen LogP contribution in [0.2, 0.25) is 0 Å². The summed E-state index contributed by atoms with van der Waals surface area (Å²) in [5.41, 5.74) is 3.93. The summed E-state index contributed by atoms with van der Waals surface area (Å²) < 4.78 is 5.71. The van der Waals surface area contributed by atoms with Crippen LogP contribution >= 0.6 is 0 Å². The van der Waals surface area contributed by atoms with Crippen LogP contribution in [0.4, 0.5) is 0 Å². The highest BCUT2D eigenvalue weighted by molar-refractivity contribution is 5.72. The van der Waals surface area contributed by atoms with Gasteiger partial charge in [0.25, 0.3) is 0 Å². The van der Waals surface area contributed by atoms with Gasteiger partial charge in [-0.3, -0.25) is 9.69 Å². The number of carbonyl (C=O) groups excluding carboxylic acids is 1. The van der Waals surface area contributed by atoms with Crippen LogP contribution in [-0.2, 0) is 16.1 Å². The first-order chi connectivity index (χ1) is 12.7. The molecule has 0 bridgehead atoms. The number of morpholine rings is 1. The predicted octanol–water partition coefficient (Wildman–Crippen LogP) is 2.56. The molecular formula is C21H23N3O2. The van der Waals surface area contributed by atoms with Crippen molar-refractivity contribution >= 4 is 5.91 Å². The molecule has 1 aliphatic heterocycles. The molecule has 1 amide bonds. The average molecular weight is 349 g/mol. The molecule has 0 unspecified atom stereocenters. The number of hydrogen-bond acceptors (Lipinski definition) is 4. The van der Waals surface area contributed by atoms with Crippen LogP contribution < -0.4 is 5.32 Å². The van der Waals surface area contributed by atoms with Crippen molar-refractivity contribution in [1.29, 1.82) is 5.26 Å². The smallest absolute Gasteiger partial charge is 0.216 e. The summed E-state index contributed by atoms with van der Waals surface area (Å²) >= 11 is 0. The number of benzene rings is 2. The molecule has 26 heavy (non-hydrogen) atoms. The molecule has 1 aliphatic rings. The summed E-state index contributed by atoms with van der Waals surface area (Å²) in [4.78, 5) is 13.4. The predicted molar refractivity (Wildman–Crippen MR) is 100 cm³/mol. The van der Waals surface area contributed by atoms with Crippen LogP contribution in [0.25, 0.3) is 11.1 Å².